The summed E-state index contributed by atoms with van der Waals surface area (Å²) in [4.78, 5) is 12.2. The van der Waals surface area contributed by atoms with Gasteiger partial charge in [0.2, 0.25) is 5.91 Å². The average Bonchev–Trinajstić information content (AvgIpc) is 2.67. The van der Waals surface area contributed by atoms with Crippen molar-refractivity contribution in [1.29, 1.82) is 0 Å². The van der Waals surface area contributed by atoms with Crippen molar-refractivity contribution >= 4 is 11.6 Å². The van der Waals surface area contributed by atoms with Gasteiger partial charge in [-0.2, -0.15) is 0 Å². The average molecular weight is 406 g/mol. The third-order valence-corrected chi connectivity index (χ3v) is 5.51. The molecule has 2 rings (SSSR count). The lowest BCUT2D eigenvalue weighted by Crippen LogP contribution is -2.19. The van der Waals surface area contributed by atoms with Crippen molar-refractivity contribution in [2.45, 2.75) is 60.5 Å². The summed E-state index contributed by atoms with van der Waals surface area (Å²) >= 11 is 0. The molecule has 1 aromatic carbocycles. The van der Waals surface area contributed by atoms with E-state index in [-0.39, 0.29) is 17.9 Å². The van der Waals surface area contributed by atoms with Gasteiger partial charge >= 0.3 is 0 Å². The summed E-state index contributed by atoms with van der Waals surface area (Å²) in [6, 6.07) is 7.19. The van der Waals surface area contributed by atoms with Gasteiger partial charge in [0.1, 0.15) is 0 Å². The number of carbonyl (C=O) groups is 1. The number of amides is 1. The lowest BCUT2D eigenvalue weighted by Gasteiger charge is -2.32. The van der Waals surface area contributed by atoms with Gasteiger partial charge < -0.3 is 10.4 Å². The molecule has 0 radical (unpaired) electrons. The van der Waals surface area contributed by atoms with Gasteiger partial charge in [-0.1, -0.05) is 67.5 Å². The van der Waals surface area contributed by atoms with Crippen molar-refractivity contribution < 1.29 is 9.90 Å². The van der Waals surface area contributed by atoms with E-state index in [1.165, 1.54) is 36.0 Å². The quantitative estimate of drug-likeness (QED) is 0.394. The first-order valence-electron chi connectivity index (χ1n) is 10.6. The first kappa shape index (κ1) is 23.6. The molecule has 160 valence electrons. The second-order valence-corrected chi connectivity index (χ2v) is 8.77. The van der Waals surface area contributed by atoms with Crippen LogP contribution in [-0.2, 0) is 11.4 Å². The molecular formula is C27H35NO2. The van der Waals surface area contributed by atoms with Crippen LogP contribution in [0.1, 0.15) is 59.4 Å². The van der Waals surface area contributed by atoms with E-state index in [1.54, 1.807) is 18.2 Å². The summed E-state index contributed by atoms with van der Waals surface area (Å²) in [6.07, 6.45) is 15.7. The molecule has 30 heavy (non-hydrogen) atoms. The number of carbonyl (C=O) groups excluding carboxylic acids is 1. The SMILES string of the molecule is CC(C=CC1=C(C)CCCC1(C)C)=CC=CC(C)=CC(=O)Nc1cccc(CO)c1. The number of allylic oxidation sites excluding steroid dienone is 9. The van der Waals surface area contributed by atoms with Crippen molar-refractivity contribution in [3.63, 3.8) is 0 Å². The Kier molecular flexibility index (Phi) is 8.61. The molecule has 1 aliphatic rings. The van der Waals surface area contributed by atoms with Crippen LogP contribution in [0, 0.1) is 5.41 Å². The molecule has 0 saturated carbocycles. The van der Waals surface area contributed by atoms with Crippen LogP contribution < -0.4 is 5.32 Å². The van der Waals surface area contributed by atoms with Gasteiger partial charge in [0.05, 0.1) is 6.61 Å². The summed E-state index contributed by atoms with van der Waals surface area (Å²) in [6.45, 7) is 10.8. The van der Waals surface area contributed by atoms with Gasteiger partial charge in [-0.25, -0.2) is 0 Å². The van der Waals surface area contributed by atoms with Crippen LogP contribution in [-0.4, -0.2) is 11.0 Å². The molecule has 0 unspecified atom stereocenters. The molecule has 0 saturated heterocycles. The standard InChI is InChI=1S/C27H35NO2/c1-20(14-15-25-22(3)11-8-16-27(25,4)5)9-6-10-21(2)17-26(30)28-24-13-7-12-23(18-24)19-29/h6-7,9-10,12-15,17-18,29H,8,11,16,19H2,1-5H3,(H,28,30). The van der Waals surface area contributed by atoms with Crippen molar-refractivity contribution in [3.05, 3.63) is 88.6 Å². The Balaban J connectivity index is 1.97. The number of nitrogens with one attached hydrogen (secondary N) is 1. The van der Waals surface area contributed by atoms with Crippen molar-refractivity contribution in [1.82, 2.24) is 0 Å². The molecule has 3 heteroatoms. The molecule has 3 nitrogen and oxygen atoms in total. The van der Waals surface area contributed by atoms with Crippen LogP contribution in [0.4, 0.5) is 5.69 Å². The van der Waals surface area contributed by atoms with E-state index in [2.05, 4.69) is 51.2 Å². The smallest absolute Gasteiger partial charge is 0.248 e. The van der Waals surface area contributed by atoms with Gasteiger partial charge in [-0.15, -0.1) is 0 Å². The summed E-state index contributed by atoms with van der Waals surface area (Å²) < 4.78 is 0. The monoisotopic (exact) mass is 405 g/mol. The highest BCUT2D eigenvalue weighted by atomic mass is 16.3. The van der Waals surface area contributed by atoms with E-state index in [4.69, 9.17) is 0 Å². The zero-order valence-corrected chi connectivity index (χ0v) is 19.0. The van der Waals surface area contributed by atoms with Gasteiger partial charge in [0.15, 0.2) is 0 Å². The molecule has 1 aliphatic carbocycles. The maximum absolute atomic E-state index is 12.2. The fraction of sp³-hybridized carbons (Fsp3) is 0.370. The molecular weight excluding hydrogens is 370 g/mol. The van der Waals surface area contributed by atoms with Gasteiger partial charge in [-0.3, -0.25) is 4.79 Å². The predicted octanol–water partition coefficient (Wildman–Crippen LogP) is 6.65. The molecule has 0 fully saturated rings. The molecule has 0 spiro atoms. The number of hydrogen-bond donors (Lipinski definition) is 2. The molecule has 0 aliphatic heterocycles. The minimum atomic E-state index is -0.185. The largest absolute Gasteiger partial charge is 0.392 e. The topological polar surface area (TPSA) is 49.3 Å². The second kappa shape index (κ2) is 10.9. The Bertz CT molecular complexity index is 911. The molecule has 1 amide bonds. The normalized spacial score (nSPS) is 17.8. The zero-order valence-electron chi connectivity index (χ0n) is 19.0. The molecule has 0 aromatic heterocycles. The Morgan fingerprint density at radius 2 is 1.97 bits per heavy atom. The second-order valence-electron chi connectivity index (χ2n) is 8.77. The van der Waals surface area contributed by atoms with E-state index >= 15 is 0 Å². The van der Waals surface area contributed by atoms with Crippen molar-refractivity contribution in [2.75, 3.05) is 5.32 Å². The van der Waals surface area contributed by atoms with Gasteiger partial charge in [0, 0.05) is 11.8 Å². The zero-order chi connectivity index (χ0) is 22.1. The Labute approximate surface area is 181 Å². The van der Waals surface area contributed by atoms with E-state index < -0.39 is 0 Å². The lowest BCUT2D eigenvalue weighted by atomic mass is 9.72. The summed E-state index contributed by atoms with van der Waals surface area (Å²) in [5, 5.41) is 12.0. The molecule has 1 aromatic rings. The van der Waals surface area contributed by atoms with Crippen molar-refractivity contribution in [3.8, 4) is 0 Å². The van der Waals surface area contributed by atoms with E-state index in [0.717, 1.165) is 11.1 Å². The fourth-order valence-corrected chi connectivity index (χ4v) is 3.81. The van der Waals surface area contributed by atoms with Gasteiger partial charge in [-0.05, 0) is 74.3 Å². The van der Waals surface area contributed by atoms with Crippen LogP contribution in [0.25, 0.3) is 0 Å². The minimum absolute atomic E-state index is 0.0458. The van der Waals surface area contributed by atoms with Gasteiger partial charge in [0.25, 0.3) is 0 Å². The first-order chi connectivity index (χ1) is 14.2. The Morgan fingerprint density at radius 1 is 1.20 bits per heavy atom. The fourth-order valence-electron chi connectivity index (χ4n) is 3.81. The highest BCUT2D eigenvalue weighted by Crippen LogP contribution is 2.40. The van der Waals surface area contributed by atoms with E-state index in [9.17, 15) is 9.90 Å². The number of aliphatic hydroxyl groups excluding tert-OH is 1. The number of aliphatic hydroxyl groups is 1. The van der Waals surface area contributed by atoms with E-state index in [1.807, 2.05) is 31.2 Å². The lowest BCUT2D eigenvalue weighted by molar-refractivity contribution is -0.111. The maximum atomic E-state index is 12.2. The summed E-state index contributed by atoms with van der Waals surface area (Å²) in [7, 11) is 0. The number of rotatable bonds is 7. The van der Waals surface area contributed by atoms with E-state index in [0.29, 0.717) is 5.69 Å². The van der Waals surface area contributed by atoms with Crippen LogP contribution in [0.5, 0.6) is 0 Å². The molecule has 0 bridgehead atoms. The van der Waals surface area contributed by atoms with Crippen LogP contribution in [0.2, 0.25) is 0 Å². The minimum Gasteiger partial charge on any atom is -0.392 e. The Hall–Kier alpha value is -2.65. The predicted molar refractivity (Wildman–Crippen MR) is 127 cm³/mol. The maximum Gasteiger partial charge on any atom is 0.248 e. The number of hydrogen-bond acceptors (Lipinski definition) is 2. The summed E-state index contributed by atoms with van der Waals surface area (Å²) in [5.74, 6) is -0.185. The third kappa shape index (κ3) is 7.31. The number of benzene rings is 1. The highest BCUT2D eigenvalue weighted by molar-refractivity contribution is 6.00. The first-order valence-corrected chi connectivity index (χ1v) is 10.6. The Morgan fingerprint density at radius 3 is 2.67 bits per heavy atom. The molecule has 0 heterocycles. The van der Waals surface area contributed by atoms with Crippen LogP contribution in [0.15, 0.2) is 83.0 Å². The molecule has 2 N–H and O–H groups in total. The summed E-state index contributed by atoms with van der Waals surface area (Å²) in [5.41, 5.74) is 6.69. The highest BCUT2D eigenvalue weighted by Gasteiger charge is 2.26. The van der Waals surface area contributed by atoms with Crippen molar-refractivity contribution in [2.24, 2.45) is 5.41 Å². The van der Waals surface area contributed by atoms with Crippen LogP contribution in [0.3, 0.4) is 0 Å². The number of anilines is 1. The van der Waals surface area contributed by atoms with Crippen LogP contribution >= 0.6 is 0 Å². The molecule has 0 atom stereocenters. The third-order valence-electron chi connectivity index (χ3n) is 5.51.